The molecule has 0 N–H and O–H groups in total. The van der Waals surface area contributed by atoms with Crippen molar-refractivity contribution in [3.05, 3.63) is 71.4 Å². The van der Waals surface area contributed by atoms with E-state index in [1.165, 1.54) is 17.7 Å². The number of aromatic nitrogens is 2. The number of aryl methyl sites for hydroxylation is 2. The predicted molar refractivity (Wildman–Crippen MR) is 112 cm³/mol. The van der Waals surface area contributed by atoms with Gasteiger partial charge in [-0.25, -0.2) is 4.39 Å². The number of piperazine rings is 1. The summed E-state index contributed by atoms with van der Waals surface area (Å²) in [6.07, 6.45) is 1.63. The van der Waals surface area contributed by atoms with Gasteiger partial charge in [0.2, 0.25) is 11.7 Å². The molecule has 1 aromatic heterocycles. The van der Waals surface area contributed by atoms with Crippen LogP contribution in [0.1, 0.15) is 28.2 Å². The molecule has 1 fully saturated rings. The maximum absolute atomic E-state index is 13.4. The van der Waals surface area contributed by atoms with E-state index in [2.05, 4.69) is 15.0 Å². The molecular formula is C23H25FN4O2. The van der Waals surface area contributed by atoms with Crippen LogP contribution in [-0.2, 0) is 6.42 Å². The summed E-state index contributed by atoms with van der Waals surface area (Å²) in [6.45, 7) is 5.85. The SMILES string of the molecule is Cc1ccc(-c2noc(CCCN3CCN(C(=O)c4cccc(F)c4)CC3)n2)cc1. The highest BCUT2D eigenvalue weighted by molar-refractivity contribution is 5.94. The average Bonchev–Trinajstić information content (AvgIpc) is 3.23. The Hall–Kier alpha value is -3.06. The van der Waals surface area contributed by atoms with Crippen molar-refractivity contribution in [3.63, 3.8) is 0 Å². The van der Waals surface area contributed by atoms with Crippen molar-refractivity contribution in [2.75, 3.05) is 32.7 Å². The van der Waals surface area contributed by atoms with E-state index in [-0.39, 0.29) is 11.7 Å². The number of benzene rings is 2. The molecule has 2 heterocycles. The molecule has 1 aliphatic rings. The minimum atomic E-state index is -0.383. The number of rotatable bonds is 6. The molecule has 30 heavy (non-hydrogen) atoms. The Morgan fingerprint density at radius 2 is 1.87 bits per heavy atom. The van der Waals surface area contributed by atoms with Gasteiger partial charge >= 0.3 is 0 Å². The Bertz CT molecular complexity index is 994. The fraction of sp³-hybridized carbons (Fsp3) is 0.348. The van der Waals surface area contributed by atoms with E-state index in [4.69, 9.17) is 4.52 Å². The number of amides is 1. The lowest BCUT2D eigenvalue weighted by molar-refractivity contribution is 0.0635. The number of carbonyl (C=O) groups excluding carboxylic acids is 1. The van der Waals surface area contributed by atoms with Crippen LogP contribution in [0.5, 0.6) is 0 Å². The van der Waals surface area contributed by atoms with Gasteiger partial charge in [0, 0.05) is 43.7 Å². The fourth-order valence-electron chi connectivity index (χ4n) is 3.61. The van der Waals surface area contributed by atoms with Gasteiger partial charge in [-0.05, 0) is 38.1 Å². The Balaban J connectivity index is 1.22. The van der Waals surface area contributed by atoms with Gasteiger partial charge in [0.05, 0.1) is 0 Å². The monoisotopic (exact) mass is 408 g/mol. The third kappa shape index (κ3) is 4.91. The van der Waals surface area contributed by atoms with Crippen molar-refractivity contribution < 1.29 is 13.7 Å². The molecule has 0 radical (unpaired) electrons. The number of halogens is 1. The van der Waals surface area contributed by atoms with Gasteiger partial charge in [0.25, 0.3) is 5.91 Å². The first-order chi connectivity index (χ1) is 14.6. The third-order valence-electron chi connectivity index (χ3n) is 5.37. The zero-order valence-electron chi connectivity index (χ0n) is 17.1. The number of carbonyl (C=O) groups is 1. The number of hydrogen-bond donors (Lipinski definition) is 0. The van der Waals surface area contributed by atoms with Gasteiger partial charge in [-0.2, -0.15) is 4.98 Å². The van der Waals surface area contributed by atoms with Gasteiger partial charge < -0.3 is 9.42 Å². The van der Waals surface area contributed by atoms with E-state index in [1.54, 1.807) is 17.0 Å². The lowest BCUT2D eigenvalue weighted by Crippen LogP contribution is -2.48. The molecular weight excluding hydrogens is 383 g/mol. The van der Waals surface area contributed by atoms with Crippen molar-refractivity contribution >= 4 is 5.91 Å². The van der Waals surface area contributed by atoms with Crippen LogP contribution in [0.25, 0.3) is 11.4 Å². The summed E-state index contributed by atoms with van der Waals surface area (Å²) in [5.41, 5.74) is 2.55. The minimum absolute atomic E-state index is 0.108. The number of hydrogen-bond acceptors (Lipinski definition) is 5. The molecule has 0 unspecified atom stereocenters. The number of nitrogens with zero attached hydrogens (tertiary/aromatic N) is 4. The molecule has 1 saturated heterocycles. The lowest BCUT2D eigenvalue weighted by atomic mass is 10.1. The molecule has 4 rings (SSSR count). The van der Waals surface area contributed by atoms with Crippen LogP contribution in [0, 0.1) is 12.7 Å². The van der Waals surface area contributed by atoms with E-state index < -0.39 is 0 Å². The zero-order valence-corrected chi connectivity index (χ0v) is 17.1. The first-order valence-corrected chi connectivity index (χ1v) is 10.3. The summed E-state index contributed by atoms with van der Waals surface area (Å²) in [7, 11) is 0. The van der Waals surface area contributed by atoms with Crippen LogP contribution in [0.3, 0.4) is 0 Å². The van der Waals surface area contributed by atoms with Crippen LogP contribution in [0.15, 0.2) is 53.1 Å². The summed E-state index contributed by atoms with van der Waals surface area (Å²) in [5, 5.41) is 4.08. The highest BCUT2D eigenvalue weighted by atomic mass is 19.1. The van der Waals surface area contributed by atoms with Crippen molar-refractivity contribution in [1.82, 2.24) is 19.9 Å². The first kappa shape index (κ1) is 20.2. The Morgan fingerprint density at radius 3 is 2.60 bits per heavy atom. The fourth-order valence-corrected chi connectivity index (χ4v) is 3.61. The molecule has 2 aromatic carbocycles. The minimum Gasteiger partial charge on any atom is -0.339 e. The molecule has 1 aliphatic heterocycles. The zero-order chi connectivity index (χ0) is 20.9. The summed E-state index contributed by atoms with van der Waals surface area (Å²) in [5.74, 6) is 0.773. The van der Waals surface area contributed by atoms with Gasteiger partial charge in [-0.1, -0.05) is 41.1 Å². The summed E-state index contributed by atoms with van der Waals surface area (Å²) >= 11 is 0. The molecule has 0 atom stereocenters. The van der Waals surface area contributed by atoms with Crippen molar-refractivity contribution in [2.45, 2.75) is 19.8 Å². The van der Waals surface area contributed by atoms with Crippen molar-refractivity contribution in [2.24, 2.45) is 0 Å². The lowest BCUT2D eigenvalue weighted by Gasteiger charge is -2.34. The Labute approximate surface area is 175 Å². The van der Waals surface area contributed by atoms with E-state index in [1.807, 2.05) is 31.2 Å². The van der Waals surface area contributed by atoms with E-state index >= 15 is 0 Å². The van der Waals surface area contributed by atoms with E-state index in [0.29, 0.717) is 30.4 Å². The standard InChI is InChI=1S/C23H25FN4O2/c1-17-7-9-18(10-8-17)22-25-21(30-26-22)6-3-11-27-12-14-28(15-13-27)23(29)19-4-2-5-20(24)16-19/h2,4-5,7-10,16H,3,6,11-15H2,1H3. The van der Waals surface area contributed by atoms with Gasteiger partial charge in [-0.3, -0.25) is 9.69 Å². The third-order valence-corrected chi connectivity index (χ3v) is 5.37. The Morgan fingerprint density at radius 1 is 1.10 bits per heavy atom. The second-order valence-corrected chi connectivity index (χ2v) is 7.63. The van der Waals surface area contributed by atoms with Crippen LogP contribution < -0.4 is 0 Å². The predicted octanol–water partition coefficient (Wildman–Crippen LogP) is 3.57. The smallest absolute Gasteiger partial charge is 0.254 e. The van der Waals surface area contributed by atoms with Crippen LogP contribution in [0.4, 0.5) is 4.39 Å². The first-order valence-electron chi connectivity index (χ1n) is 10.3. The normalized spacial score (nSPS) is 14.8. The van der Waals surface area contributed by atoms with Crippen LogP contribution in [-0.4, -0.2) is 58.6 Å². The summed E-state index contributed by atoms with van der Waals surface area (Å²) in [6, 6.07) is 13.9. The highest BCUT2D eigenvalue weighted by Crippen LogP contribution is 2.17. The van der Waals surface area contributed by atoms with Crippen LogP contribution in [0.2, 0.25) is 0 Å². The van der Waals surface area contributed by atoms with E-state index in [9.17, 15) is 9.18 Å². The molecule has 0 spiro atoms. The maximum Gasteiger partial charge on any atom is 0.254 e. The average molecular weight is 408 g/mol. The van der Waals surface area contributed by atoms with Crippen molar-refractivity contribution in [1.29, 1.82) is 0 Å². The summed E-state index contributed by atoms with van der Waals surface area (Å²) in [4.78, 5) is 21.1. The van der Waals surface area contributed by atoms with Crippen LogP contribution >= 0.6 is 0 Å². The summed E-state index contributed by atoms with van der Waals surface area (Å²) < 4.78 is 18.7. The molecule has 1 amide bonds. The molecule has 0 saturated carbocycles. The largest absolute Gasteiger partial charge is 0.339 e. The second-order valence-electron chi connectivity index (χ2n) is 7.63. The van der Waals surface area contributed by atoms with E-state index in [0.717, 1.165) is 38.0 Å². The molecule has 3 aromatic rings. The topological polar surface area (TPSA) is 62.5 Å². The Kier molecular flexibility index (Phi) is 6.18. The molecule has 0 bridgehead atoms. The second kappa shape index (κ2) is 9.17. The van der Waals surface area contributed by atoms with Crippen molar-refractivity contribution in [3.8, 4) is 11.4 Å². The molecule has 156 valence electrons. The van der Waals surface area contributed by atoms with Gasteiger partial charge in [0.1, 0.15) is 5.82 Å². The molecule has 0 aliphatic carbocycles. The van der Waals surface area contributed by atoms with Gasteiger partial charge in [0.15, 0.2) is 0 Å². The van der Waals surface area contributed by atoms with Gasteiger partial charge in [-0.15, -0.1) is 0 Å². The maximum atomic E-state index is 13.4. The molecule has 6 nitrogen and oxygen atoms in total. The molecule has 7 heteroatoms. The quantitative estimate of drug-likeness (QED) is 0.624. The highest BCUT2D eigenvalue weighted by Gasteiger charge is 2.22.